The first-order valence-corrected chi connectivity index (χ1v) is 13.2. The van der Waals surface area contributed by atoms with Crippen molar-refractivity contribution in [3.63, 3.8) is 0 Å². The number of rotatable bonds is 10. The number of hydrogen-bond donors (Lipinski definition) is 2. The highest BCUT2D eigenvalue weighted by Gasteiger charge is 2.52. The van der Waals surface area contributed by atoms with Gasteiger partial charge in [-0.25, -0.2) is 24.0 Å². The predicted molar refractivity (Wildman–Crippen MR) is 147 cm³/mol. The van der Waals surface area contributed by atoms with E-state index < -0.39 is 66.2 Å². The number of imidazole rings is 2. The Hall–Kier alpha value is -5.46. The van der Waals surface area contributed by atoms with E-state index in [1.807, 2.05) is 0 Å². The second-order valence-corrected chi connectivity index (χ2v) is 9.73. The fourth-order valence-corrected chi connectivity index (χ4v) is 4.65. The van der Waals surface area contributed by atoms with Crippen molar-refractivity contribution in [2.45, 2.75) is 58.3 Å². The van der Waals surface area contributed by atoms with Gasteiger partial charge in [0.15, 0.2) is 17.3 Å². The van der Waals surface area contributed by atoms with Crippen molar-refractivity contribution in [2.24, 2.45) is 7.05 Å². The first-order valence-electron chi connectivity index (χ1n) is 13.2. The van der Waals surface area contributed by atoms with Crippen LogP contribution in [0.5, 0.6) is 0 Å². The molecule has 0 saturated carbocycles. The number of nitrogens with zero attached hydrogens (tertiary/aromatic N) is 5. The summed E-state index contributed by atoms with van der Waals surface area (Å²) in [5.74, 6) is -3.36. The van der Waals surface area contributed by atoms with Gasteiger partial charge in [0.05, 0.1) is 18.5 Å². The molecule has 0 spiro atoms. The molecule has 242 valence electrons. The van der Waals surface area contributed by atoms with E-state index in [0.717, 1.165) is 38.1 Å². The van der Waals surface area contributed by atoms with Crippen LogP contribution >= 0.6 is 0 Å². The zero-order valence-electron chi connectivity index (χ0n) is 24.9. The van der Waals surface area contributed by atoms with Gasteiger partial charge < -0.3 is 38.9 Å². The Morgan fingerprint density at radius 1 is 1.11 bits per heavy atom. The second-order valence-electron chi connectivity index (χ2n) is 9.73. The number of aliphatic carboxylic acids is 1. The summed E-state index contributed by atoms with van der Waals surface area (Å²) in [6.07, 6.45) is -2.36. The van der Waals surface area contributed by atoms with Crippen LogP contribution in [0.2, 0.25) is 0 Å². The summed E-state index contributed by atoms with van der Waals surface area (Å²) in [7, 11) is 2.64. The second kappa shape index (κ2) is 13.0. The van der Waals surface area contributed by atoms with Crippen molar-refractivity contribution < 1.29 is 57.6 Å². The summed E-state index contributed by atoms with van der Waals surface area (Å²) in [5.41, 5.74) is -0.0979. The lowest BCUT2D eigenvalue weighted by atomic mass is 10.1. The molecule has 0 radical (unpaired) electrons. The smallest absolute Gasteiger partial charge is 0.407 e. The molecule has 45 heavy (non-hydrogen) atoms. The monoisotopic (exact) mass is 634 g/mol. The van der Waals surface area contributed by atoms with Crippen LogP contribution in [0.25, 0.3) is 23.0 Å². The van der Waals surface area contributed by atoms with Gasteiger partial charge in [-0.1, -0.05) is 0 Å². The molecular formula is C26H30N6O13. The first kappa shape index (κ1) is 32.5. The highest BCUT2D eigenvalue weighted by Crippen LogP contribution is 2.28. The Morgan fingerprint density at radius 2 is 1.78 bits per heavy atom. The van der Waals surface area contributed by atoms with E-state index in [2.05, 4.69) is 20.0 Å². The number of alkyl carbamates (subject to hydrolysis) is 1. The highest BCUT2D eigenvalue weighted by molar-refractivity contribution is 5.83. The molecule has 0 bridgehead atoms. The molecule has 1 aliphatic heterocycles. The number of methoxy groups -OCH3 is 1. The van der Waals surface area contributed by atoms with Crippen molar-refractivity contribution in [3.05, 3.63) is 34.1 Å². The maximum absolute atomic E-state index is 13.6. The quantitative estimate of drug-likeness (QED) is 0.203. The van der Waals surface area contributed by atoms with Crippen LogP contribution in [-0.4, -0.2) is 103 Å². The van der Waals surface area contributed by atoms with Gasteiger partial charge in [0.2, 0.25) is 11.9 Å². The van der Waals surface area contributed by atoms with Crippen molar-refractivity contribution in [1.82, 2.24) is 29.0 Å². The number of carbonyl (C=O) groups is 5. The zero-order valence-corrected chi connectivity index (χ0v) is 24.9. The zero-order chi connectivity index (χ0) is 33.2. The average Bonchev–Trinajstić information content (AvgIpc) is 3.62. The molecule has 3 aromatic heterocycles. The summed E-state index contributed by atoms with van der Waals surface area (Å²) in [6.45, 7) is 4.68. The molecule has 1 aliphatic rings. The third-order valence-electron chi connectivity index (χ3n) is 6.53. The van der Waals surface area contributed by atoms with E-state index in [9.17, 15) is 33.9 Å². The first-order chi connectivity index (χ1) is 21.2. The van der Waals surface area contributed by atoms with Gasteiger partial charge >= 0.3 is 30.0 Å². The Labute approximate surface area is 253 Å². The number of esters is 3. The number of aromatic nitrogens is 5. The number of carbonyl (C=O) groups excluding carboxylic acids is 4. The molecule has 19 heteroatoms. The van der Waals surface area contributed by atoms with E-state index >= 15 is 0 Å². The van der Waals surface area contributed by atoms with Gasteiger partial charge in [-0.3, -0.25) is 23.7 Å². The molecular weight excluding hydrogens is 604 g/mol. The Morgan fingerprint density at radius 3 is 2.38 bits per heavy atom. The topological polar surface area (TPSA) is 230 Å². The average molecular weight is 635 g/mol. The minimum atomic E-state index is -1.47. The Bertz CT molecular complexity index is 1750. The lowest BCUT2D eigenvalue weighted by Gasteiger charge is -2.23. The van der Waals surface area contributed by atoms with Crippen LogP contribution in [0.15, 0.2) is 17.2 Å². The lowest BCUT2D eigenvalue weighted by Crippen LogP contribution is -2.43. The van der Waals surface area contributed by atoms with E-state index in [-0.39, 0.29) is 29.2 Å². The third kappa shape index (κ3) is 6.71. The molecule has 1 fully saturated rings. The summed E-state index contributed by atoms with van der Waals surface area (Å²) < 4.78 is 29.8. The van der Waals surface area contributed by atoms with Crippen LogP contribution in [0.3, 0.4) is 0 Å². The van der Waals surface area contributed by atoms with Crippen LogP contribution in [0.4, 0.5) is 4.79 Å². The molecule has 3 aromatic rings. The maximum Gasteiger partial charge on any atom is 0.407 e. The summed E-state index contributed by atoms with van der Waals surface area (Å²) in [4.78, 5) is 86.6. The van der Waals surface area contributed by atoms with Crippen molar-refractivity contribution in [3.8, 4) is 0 Å². The maximum atomic E-state index is 13.6. The van der Waals surface area contributed by atoms with Gasteiger partial charge in [0, 0.05) is 27.8 Å². The summed E-state index contributed by atoms with van der Waals surface area (Å²) >= 11 is 0. The molecule has 19 nitrogen and oxygen atoms in total. The van der Waals surface area contributed by atoms with Crippen molar-refractivity contribution >= 4 is 53.0 Å². The number of carboxylic acids is 1. The van der Waals surface area contributed by atoms with Gasteiger partial charge in [-0.2, -0.15) is 4.73 Å². The standard InChI is InChI=1S/C26H30N6O13/c1-11-16(8-7-15(23(37)38)29-26(39)40-6)32-22(36)18-21(30(5)25(32)28-11)31(10-27-18)45-24-20(43-14(4)35)19(42-13(3)34)17(44-24)9-41-12(2)33/h7-8,10,15,17,19-20,24H,9H2,1-6H3,(H,29,39)(H,37,38)/b8-7+/t15-,17+,19+,20+,24-/m0/s1. The molecule has 2 N–H and O–H groups in total. The summed E-state index contributed by atoms with van der Waals surface area (Å²) in [6, 6.07) is -1.47. The molecule has 0 aliphatic carbocycles. The number of fused-ring (bicyclic) bond motifs is 2. The molecule has 4 heterocycles. The molecule has 1 amide bonds. The summed E-state index contributed by atoms with van der Waals surface area (Å²) in [5, 5.41) is 11.6. The number of hydrogen-bond acceptors (Lipinski definition) is 14. The number of amides is 1. The number of nitrogens with one attached hydrogen (secondary N) is 1. The van der Waals surface area contributed by atoms with Gasteiger partial charge in [0.1, 0.15) is 25.1 Å². The largest absolute Gasteiger partial charge is 0.479 e. The third-order valence-corrected chi connectivity index (χ3v) is 6.53. The van der Waals surface area contributed by atoms with E-state index in [1.54, 1.807) is 14.0 Å². The number of aryl methyl sites for hydroxylation is 2. The fourth-order valence-electron chi connectivity index (χ4n) is 4.65. The van der Waals surface area contributed by atoms with Crippen LogP contribution in [0, 0.1) is 6.92 Å². The molecule has 1 saturated heterocycles. The van der Waals surface area contributed by atoms with Crippen LogP contribution in [-0.2, 0) is 49.9 Å². The highest BCUT2D eigenvalue weighted by atomic mass is 16.8. The van der Waals surface area contributed by atoms with Gasteiger partial charge in [-0.05, 0) is 19.1 Å². The van der Waals surface area contributed by atoms with E-state index in [4.69, 9.17) is 23.8 Å². The fraction of sp³-hybridized carbons (Fsp3) is 0.462. The Balaban J connectivity index is 1.75. The van der Waals surface area contributed by atoms with E-state index in [1.165, 1.54) is 22.0 Å². The number of carboxylic acid groups (broad SMARTS) is 1. The molecule has 0 unspecified atom stereocenters. The molecule has 5 atom stereocenters. The minimum Gasteiger partial charge on any atom is -0.479 e. The lowest BCUT2D eigenvalue weighted by molar-refractivity contribution is -0.189. The minimum absolute atomic E-state index is 0.0986. The van der Waals surface area contributed by atoms with Crippen LogP contribution < -0.4 is 15.7 Å². The van der Waals surface area contributed by atoms with Gasteiger partial charge in [-0.15, -0.1) is 0 Å². The van der Waals surface area contributed by atoms with Crippen molar-refractivity contribution in [1.29, 1.82) is 0 Å². The van der Waals surface area contributed by atoms with Gasteiger partial charge in [0.25, 0.3) is 11.8 Å². The predicted octanol–water partition coefficient (Wildman–Crippen LogP) is -0.906. The Kier molecular flexibility index (Phi) is 9.40. The molecule has 0 aromatic carbocycles. The van der Waals surface area contributed by atoms with Crippen molar-refractivity contribution in [2.75, 3.05) is 13.7 Å². The number of ether oxygens (including phenoxy) is 5. The SMILES string of the molecule is COC(=O)N[C@@H](/C=C/c1c(C)nc2n(C)c3c(ncn3O[C@@H]3O[C@H](COC(C)=O)[C@@H](OC(C)=O)[C@H]3OC(C)=O)c(=O)n12)C(=O)O. The van der Waals surface area contributed by atoms with E-state index in [0.29, 0.717) is 5.69 Å². The normalized spacial score (nSPS) is 20.2. The van der Waals surface area contributed by atoms with Crippen LogP contribution in [0.1, 0.15) is 32.2 Å². The molecule has 4 rings (SSSR count).